The highest BCUT2D eigenvalue weighted by molar-refractivity contribution is 5.72. The van der Waals surface area contributed by atoms with E-state index in [1.807, 2.05) is 21.1 Å². The van der Waals surface area contributed by atoms with E-state index < -0.39 is 18.1 Å². The molecule has 376 valence electrons. The van der Waals surface area contributed by atoms with Crippen molar-refractivity contribution >= 4 is 17.9 Å². The molecule has 0 spiro atoms. The first-order chi connectivity index (χ1) is 31.6. The highest BCUT2D eigenvalue weighted by Crippen LogP contribution is 2.15. The summed E-state index contributed by atoms with van der Waals surface area (Å²) in [7, 11) is 5.53. The van der Waals surface area contributed by atoms with Crippen molar-refractivity contribution < 1.29 is 38.2 Å². The van der Waals surface area contributed by atoms with E-state index in [1.54, 1.807) is 0 Å². The molecule has 0 aliphatic carbocycles. The lowest BCUT2D eigenvalue weighted by atomic mass is 10.1. The van der Waals surface area contributed by atoms with Crippen molar-refractivity contribution in [2.45, 2.75) is 244 Å². The van der Waals surface area contributed by atoms with Gasteiger partial charge in [0.1, 0.15) is 6.61 Å². The Morgan fingerprint density at radius 3 is 1.29 bits per heavy atom. The molecule has 0 aromatic carbocycles. The number of ether oxygens (including phenoxy) is 3. The standard InChI is InChI=1S/C57H101NO7/c1-6-8-10-12-14-16-18-20-22-24-26-28-30-31-33-35-37-39-41-43-45-47-55(59)64-52-53(51-63-50-49-54(57(61)62)58(3,4)5)65-56(60)48-46-44-42-40-38-36-34-32-29-27-25-23-21-19-17-15-13-11-9-7-2/h9,11,15,17,21,23,27-30,53-54H,6-8,10,12-14,16,18-20,22,24-26,31-52H2,1-5H3/p+1/b11-9+,17-15+,23-21+,29-27+,30-28+. The van der Waals surface area contributed by atoms with Crippen LogP contribution < -0.4 is 0 Å². The van der Waals surface area contributed by atoms with Crippen LogP contribution in [0, 0.1) is 0 Å². The minimum atomic E-state index is -0.877. The summed E-state index contributed by atoms with van der Waals surface area (Å²) in [6.45, 7) is 4.63. The van der Waals surface area contributed by atoms with Gasteiger partial charge in [-0.1, -0.05) is 197 Å². The number of hydrogen-bond acceptors (Lipinski definition) is 6. The van der Waals surface area contributed by atoms with Crippen LogP contribution in [-0.2, 0) is 28.6 Å². The molecule has 2 unspecified atom stereocenters. The van der Waals surface area contributed by atoms with Crippen LogP contribution in [0.4, 0.5) is 0 Å². The maximum absolute atomic E-state index is 12.8. The fraction of sp³-hybridized carbons (Fsp3) is 0.772. The predicted molar refractivity (Wildman–Crippen MR) is 275 cm³/mol. The number of carboxylic acid groups (broad SMARTS) is 1. The molecule has 0 aromatic heterocycles. The zero-order valence-corrected chi connectivity index (χ0v) is 42.9. The summed E-state index contributed by atoms with van der Waals surface area (Å²) in [5, 5.41) is 9.66. The van der Waals surface area contributed by atoms with Gasteiger partial charge in [0.05, 0.1) is 34.4 Å². The number of carbonyl (C=O) groups excluding carboxylic acids is 2. The number of unbranched alkanes of at least 4 members (excludes halogenated alkanes) is 24. The van der Waals surface area contributed by atoms with Gasteiger partial charge in [-0.2, -0.15) is 0 Å². The van der Waals surface area contributed by atoms with Gasteiger partial charge in [0.15, 0.2) is 12.1 Å². The summed E-state index contributed by atoms with van der Waals surface area (Å²) in [6.07, 6.45) is 59.9. The molecule has 0 aliphatic heterocycles. The number of aliphatic carboxylic acids is 1. The first kappa shape index (κ1) is 62.0. The van der Waals surface area contributed by atoms with Crippen LogP contribution in [0.2, 0.25) is 0 Å². The van der Waals surface area contributed by atoms with Crippen LogP contribution in [0.1, 0.15) is 232 Å². The van der Waals surface area contributed by atoms with Crippen LogP contribution >= 0.6 is 0 Å². The van der Waals surface area contributed by atoms with Crippen molar-refractivity contribution in [3.8, 4) is 0 Å². The highest BCUT2D eigenvalue weighted by atomic mass is 16.6. The Kier molecular flexibility index (Phi) is 45.3. The molecule has 65 heavy (non-hydrogen) atoms. The fourth-order valence-corrected chi connectivity index (χ4v) is 7.78. The average molecular weight is 913 g/mol. The largest absolute Gasteiger partial charge is 0.477 e. The van der Waals surface area contributed by atoms with E-state index in [1.165, 1.54) is 122 Å². The number of likely N-dealkylation sites (N-methyl/N-ethyl adjacent to an activating group) is 1. The SMILES string of the molecule is CC/C=C/C/C=C/C/C=C/C/C=C/CCCCCCCCCC(=O)OC(COCCC(C(=O)O)[N+](C)(C)C)COC(=O)CCCCCCCCC/C=C/CCCCCCCCCCCC. The van der Waals surface area contributed by atoms with Gasteiger partial charge in [0, 0.05) is 19.3 Å². The van der Waals surface area contributed by atoms with Gasteiger partial charge in [0.25, 0.3) is 0 Å². The molecule has 0 aromatic rings. The molecule has 8 heteroatoms. The molecule has 8 nitrogen and oxygen atoms in total. The van der Waals surface area contributed by atoms with E-state index in [0.717, 1.165) is 77.0 Å². The summed E-state index contributed by atoms with van der Waals surface area (Å²) in [5.74, 6) is -1.48. The quantitative estimate of drug-likeness (QED) is 0.0281. The van der Waals surface area contributed by atoms with E-state index in [4.69, 9.17) is 14.2 Å². The van der Waals surface area contributed by atoms with E-state index in [9.17, 15) is 19.5 Å². The average Bonchev–Trinajstić information content (AvgIpc) is 3.27. The van der Waals surface area contributed by atoms with E-state index >= 15 is 0 Å². The van der Waals surface area contributed by atoms with Gasteiger partial charge >= 0.3 is 17.9 Å². The van der Waals surface area contributed by atoms with Gasteiger partial charge < -0.3 is 23.8 Å². The zero-order valence-electron chi connectivity index (χ0n) is 42.9. The normalized spacial score (nSPS) is 13.3. The van der Waals surface area contributed by atoms with Crippen molar-refractivity contribution in [3.63, 3.8) is 0 Å². The minimum Gasteiger partial charge on any atom is -0.477 e. The third-order valence-electron chi connectivity index (χ3n) is 11.9. The zero-order chi connectivity index (χ0) is 47.7. The molecule has 0 radical (unpaired) electrons. The van der Waals surface area contributed by atoms with Crippen molar-refractivity contribution in [1.29, 1.82) is 0 Å². The van der Waals surface area contributed by atoms with Crippen LogP contribution in [0.3, 0.4) is 0 Å². The van der Waals surface area contributed by atoms with E-state index in [2.05, 4.69) is 74.6 Å². The Bertz CT molecular complexity index is 1250. The molecular weight excluding hydrogens is 811 g/mol. The Balaban J connectivity index is 4.24. The lowest BCUT2D eigenvalue weighted by Crippen LogP contribution is -2.50. The van der Waals surface area contributed by atoms with Crippen LogP contribution in [0.5, 0.6) is 0 Å². The van der Waals surface area contributed by atoms with E-state index in [-0.39, 0.29) is 36.2 Å². The second kappa shape index (κ2) is 47.5. The van der Waals surface area contributed by atoms with Gasteiger partial charge in [-0.25, -0.2) is 4.79 Å². The van der Waals surface area contributed by atoms with Crippen LogP contribution in [0.25, 0.3) is 0 Å². The number of carbonyl (C=O) groups is 3. The molecule has 0 rings (SSSR count). The number of hydrogen-bond donors (Lipinski definition) is 1. The molecule has 0 fully saturated rings. The summed E-state index contributed by atoms with van der Waals surface area (Å²) < 4.78 is 17.4. The molecule has 0 saturated carbocycles. The predicted octanol–water partition coefficient (Wildman–Crippen LogP) is 15.7. The van der Waals surface area contributed by atoms with Crippen molar-refractivity contribution in [2.75, 3.05) is 41.0 Å². The Morgan fingerprint density at radius 2 is 0.862 bits per heavy atom. The first-order valence-corrected chi connectivity index (χ1v) is 26.8. The number of allylic oxidation sites excluding steroid dienone is 10. The lowest BCUT2D eigenvalue weighted by molar-refractivity contribution is -0.887. The Hall–Kier alpha value is -2.97. The molecule has 2 atom stereocenters. The molecule has 0 aliphatic rings. The van der Waals surface area contributed by atoms with E-state index in [0.29, 0.717) is 19.3 Å². The molecule has 0 saturated heterocycles. The minimum absolute atomic E-state index is 0.0541. The maximum atomic E-state index is 12.8. The van der Waals surface area contributed by atoms with Gasteiger partial charge in [-0.15, -0.1) is 0 Å². The van der Waals surface area contributed by atoms with Crippen molar-refractivity contribution in [1.82, 2.24) is 0 Å². The second-order valence-corrected chi connectivity index (χ2v) is 19.1. The fourth-order valence-electron chi connectivity index (χ4n) is 7.78. The summed E-state index contributed by atoms with van der Waals surface area (Å²) in [4.78, 5) is 37.2. The third kappa shape index (κ3) is 46.0. The van der Waals surface area contributed by atoms with Crippen LogP contribution in [0.15, 0.2) is 60.8 Å². The summed E-state index contributed by atoms with van der Waals surface area (Å²) in [6, 6.07) is -0.620. The lowest BCUT2D eigenvalue weighted by Gasteiger charge is -2.31. The third-order valence-corrected chi connectivity index (χ3v) is 11.9. The molecule has 1 N–H and O–H groups in total. The molecule has 0 heterocycles. The molecular formula is C57H102NO7+. The Labute approximate surface area is 400 Å². The second-order valence-electron chi connectivity index (χ2n) is 19.1. The van der Waals surface area contributed by atoms with Crippen molar-refractivity contribution in [2.24, 2.45) is 0 Å². The molecule has 0 bridgehead atoms. The highest BCUT2D eigenvalue weighted by Gasteiger charge is 2.31. The number of esters is 2. The van der Waals surface area contributed by atoms with Gasteiger partial charge in [-0.05, 0) is 77.0 Å². The van der Waals surface area contributed by atoms with Gasteiger partial charge in [-0.3, -0.25) is 9.59 Å². The number of carboxylic acids is 1. The first-order valence-electron chi connectivity index (χ1n) is 26.8. The monoisotopic (exact) mass is 913 g/mol. The maximum Gasteiger partial charge on any atom is 0.362 e. The topological polar surface area (TPSA) is 99.1 Å². The smallest absolute Gasteiger partial charge is 0.362 e. The molecule has 0 amide bonds. The number of rotatable bonds is 48. The van der Waals surface area contributed by atoms with Crippen LogP contribution in [-0.4, -0.2) is 80.6 Å². The Morgan fingerprint density at radius 1 is 0.477 bits per heavy atom. The number of nitrogens with zero attached hydrogens (tertiary/aromatic N) is 1. The summed E-state index contributed by atoms with van der Waals surface area (Å²) in [5.41, 5.74) is 0. The van der Waals surface area contributed by atoms with Crippen molar-refractivity contribution in [3.05, 3.63) is 60.8 Å². The van der Waals surface area contributed by atoms with Gasteiger partial charge in [0.2, 0.25) is 0 Å². The summed E-state index contributed by atoms with van der Waals surface area (Å²) >= 11 is 0. The number of quaternary nitrogens is 1.